The molecule has 2 unspecified atom stereocenters. The summed E-state index contributed by atoms with van der Waals surface area (Å²) in [5.74, 6) is -0.000370. The Balaban J connectivity index is 2.38. The fraction of sp³-hybridized carbons (Fsp3) is 0.417. The topological polar surface area (TPSA) is 52.6 Å². The highest BCUT2D eigenvalue weighted by atomic mass is 16.3. The molecule has 4 heteroatoms. The van der Waals surface area contributed by atoms with Gasteiger partial charge in [0.05, 0.1) is 24.0 Å². The molecule has 1 aliphatic rings. The van der Waals surface area contributed by atoms with Crippen molar-refractivity contribution >= 4 is 17.3 Å². The number of hydrogen-bond donors (Lipinski definition) is 2. The van der Waals surface area contributed by atoms with Gasteiger partial charge in [-0.2, -0.15) is 0 Å². The molecule has 0 saturated heterocycles. The Labute approximate surface area is 94.9 Å². The Kier molecular flexibility index (Phi) is 2.83. The minimum atomic E-state index is -0.526. The highest BCUT2D eigenvalue weighted by Gasteiger charge is 2.29. The van der Waals surface area contributed by atoms with Crippen LogP contribution < -0.4 is 10.2 Å². The predicted octanol–water partition coefficient (Wildman–Crippen LogP) is 1.21. The SMILES string of the molecule is CC(O)CN1C(=O)C(C)Nc2ccccc21. The predicted molar refractivity (Wildman–Crippen MR) is 63.6 cm³/mol. The molecular formula is C12H16N2O2. The Hall–Kier alpha value is -1.55. The molecule has 86 valence electrons. The first-order valence-corrected chi connectivity index (χ1v) is 5.44. The molecule has 0 aliphatic carbocycles. The van der Waals surface area contributed by atoms with E-state index >= 15 is 0 Å². The molecule has 0 saturated carbocycles. The molecule has 2 N–H and O–H groups in total. The lowest BCUT2D eigenvalue weighted by Crippen LogP contribution is -2.48. The number of carbonyl (C=O) groups is 1. The van der Waals surface area contributed by atoms with E-state index in [0.29, 0.717) is 6.54 Å². The van der Waals surface area contributed by atoms with Crippen LogP contribution in [0.5, 0.6) is 0 Å². The maximum atomic E-state index is 12.0. The number of para-hydroxylation sites is 2. The van der Waals surface area contributed by atoms with Crippen LogP contribution in [0.3, 0.4) is 0 Å². The van der Waals surface area contributed by atoms with Gasteiger partial charge in [-0.05, 0) is 26.0 Å². The van der Waals surface area contributed by atoms with Crippen LogP contribution in [-0.2, 0) is 4.79 Å². The van der Waals surface area contributed by atoms with Crippen molar-refractivity contribution in [2.75, 3.05) is 16.8 Å². The largest absolute Gasteiger partial charge is 0.392 e. The average Bonchev–Trinajstić information content (AvgIpc) is 2.24. The van der Waals surface area contributed by atoms with E-state index in [1.54, 1.807) is 11.8 Å². The van der Waals surface area contributed by atoms with E-state index in [-0.39, 0.29) is 11.9 Å². The molecule has 2 atom stereocenters. The first-order valence-electron chi connectivity index (χ1n) is 5.44. The summed E-state index contributed by atoms with van der Waals surface area (Å²) in [6, 6.07) is 7.39. The maximum Gasteiger partial charge on any atom is 0.249 e. The first kappa shape index (κ1) is 11.0. The third-order valence-electron chi connectivity index (χ3n) is 2.65. The van der Waals surface area contributed by atoms with Crippen LogP contribution in [-0.4, -0.2) is 29.7 Å². The van der Waals surface area contributed by atoms with Crippen LogP contribution in [0.2, 0.25) is 0 Å². The van der Waals surface area contributed by atoms with E-state index < -0.39 is 6.10 Å². The molecule has 0 spiro atoms. The number of carbonyl (C=O) groups excluding carboxylic acids is 1. The van der Waals surface area contributed by atoms with Crippen molar-refractivity contribution in [3.8, 4) is 0 Å². The molecule has 4 nitrogen and oxygen atoms in total. The lowest BCUT2D eigenvalue weighted by Gasteiger charge is -2.34. The monoisotopic (exact) mass is 220 g/mol. The van der Waals surface area contributed by atoms with Crippen LogP contribution in [0.1, 0.15) is 13.8 Å². The molecule has 0 bridgehead atoms. The zero-order valence-corrected chi connectivity index (χ0v) is 9.47. The fourth-order valence-electron chi connectivity index (χ4n) is 1.93. The number of aliphatic hydroxyl groups is 1. The van der Waals surface area contributed by atoms with Crippen molar-refractivity contribution in [2.24, 2.45) is 0 Å². The van der Waals surface area contributed by atoms with Gasteiger partial charge in [0.1, 0.15) is 6.04 Å². The number of amides is 1. The maximum absolute atomic E-state index is 12.0. The van der Waals surface area contributed by atoms with Crippen LogP contribution in [0.4, 0.5) is 11.4 Å². The summed E-state index contributed by atoms with van der Waals surface area (Å²) >= 11 is 0. The number of nitrogens with zero attached hydrogens (tertiary/aromatic N) is 1. The fourth-order valence-corrected chi connectivity index (χ4v) is 1.93. The van der Waals surface area contributed by atoms with Crippen molar-refractivity contribution in [2.45, 2.75) is 26.0 Å². The van der Waals surface area contributed by atoms with Gasteiger partial charge in [0, 0.05) is 0 Å². The summed E-state index contributed by atoms with van der Waals surface area (Å²) in [6.45, 7) is 3.85. The van der Waals surface area contributed by atoms with Gasteiger partial charge in [0.15, 0.2) is 0 Å². The highest BCUT2D eigenvalue weighted by Crippen LogP contribution is 2.30. The molecule has 16 heavy (non-hydrogen) atoms. The Morgan fingerprint density at radius 2 is 2.19 bits per heavy atom. The molecule has 0 aromatic heterocycles. The second-order valence-corrected chi connectivity index (χ2v) is 4.18. The summed E-state index contributed by atoms with van der Waals surface area (Å²) in [7, 11) is 0. The van der Waals surface area contributed by atoms with Crippen LogP contribution in [0, 0.1) is 0 Å². The van der Waals surface area contributed by atoms with Gasteiger partial charge in [-0.3, -0.25) is 4.79 Å². The molecule has 0 radical (unpaired) electrons. The third kappa shape index (κ3) is 1.88. The smallest absolute Gasteiger partial charge is 0.249 e. The molecule has 1 heterocycles. The van der Waals surface area contributed by atoms with Gasteiger partial charge < -0.3 is 15.3 Å². The van der Waals surface area contributed by atoms with Gasteiger partial charge in [0.25, 0.3) is 0 Å². The number of nitrogens with one attached hydrogen (secondary N) is 1. The van der Waals surface area contributed by atoms with Crippen LogP contribution in [0.15, 0.2) is 24.3 Å². The van der Waals surface area contributed by atoms with Crippen molar-refractivity contribution < 1.29 is 9.90 Å². The zero-order valence-electron chi connectivity index (χ0n) is 9.47. The second kappa shape index (κ2) is 4.14. The summed E-state index contributed by atoms with van der Waals surface area (Å²) in [6.07, 6.45) is -0.526. The first-order chi connectivity index (χ1) is 7.59. The quantitative estimate of drug-likeness (QED) is 0.787. The Morgan fingerprint density at radius 3 is 2.88 bits per heavy atom. The molecule has 2 rings (SSSR count). The molecule has 1 amide bonds. The van der Waals surface area contributed by atoms with Crippen molar-refractivity contribution in [3.05, 3.63) is 24.3 Å². The van der Waals surface area contributed by atoms with Gasteiger partial charge in [-0.1, -0.05) is 12.1 Å². The van der Waals surface area contributed by atoms with Gasteiger partial charge in [0.2, 0.25) is 5.91 Å². The lowest BCUT2D eigenvalue weighted by atomic mass is 10.1. The van der Waals surface area contributed by atoms with Crippen LogP contribution >= 0.6 is 0 Å². The lowest BCUT2D eigenvalue weighted by molar-refractivity contribution is -0.119. The normalized spacial score (nSPS) is 21.3. The molecule has 1 aromatic carbocycles. The third-order valence-corrected chi connectivity index (χ3v) is 2.65. The molecular weight excluding hydrogens is 204 g/mol. The Bertz CT molecular complexity index is 404. The number of aliphatic hydroxyl groups excluding tert-OH is 1. The van der Waals surface area contributed by atoms with E-state index in [0.717, 1.165) is 11.4 Å². The van der Waals surface area contributed by atoms with Crippen LogP contribution in [0.25, 0.3) is 0 Å². The molecule has 0 fully saturated rings. The van der Waals surface area contributed by atoms with E-state index in [9.17, 15) is 9.90 Å². The number of β-amino-alcohol motifs (C(OH)–C–C–N with tert-alkyl or cyclic N) is 1. The number of hydrogen-bond acceptors (Lipinski definition) is 3. The van der Waals surface area contributed by atoms with Crippen molar-refractivity contribution in [1.82, 2.24) is 0 Å². The standard InChI is InChI=1S/C12H16N2O2/c1-8(15)7-14-11-6-4-3-5-10(11)13-9(2)12(14)16/h3-6,8-9,13,15H,7H2,1-2H3. The summed E-state index contributed by atoms with van der Waals surface area (Å²) in [5, 5.41) is 12.6. The van der Waals surface area contributed by atoms with Crippen molar-refractivity contribution in [1.29, 1.82) is 0 Å². The van der Waals surface area contributed by atoms with E-state index in [4.69, 9.17) is 0 Å². The van der Waals surface area contributed by atoms with E-state index in [1.807, 2.05) is 31.2 Å². The zero-order chi connectivity index (χ0) is 11.7. The van der Waals surface area contributed by atoms with E-state index in [1.165, 1.54) is 0 Å². The number of anilines is 2. The summed E-state index contributed by atoms with van der Waals surface area (Å²) in [5.41, 5.74) is 1.78. The van der Waals surface area contributed by atoms with Crippen molar-refractivity contribution in [3.63, 3.8) is 0 Å². The Morgan fingerprint density at radius 1 is 1.50 bits per heavy atom. The van der Waals surface area contributed by atoms with Gasteiger partial charge in [-0.15, -0.1) is 0 Å². The summed E-state index contributed by atoms with van der Waals surface area (Å²) < 4.78 is 0. The number of fused-ring (bicyclic) bond motifs is 1. The second-order valence-electron chi connectivity index (χ2n) is 4.18. The minimum Gasteiger partial charge on any atom is -0.392 e. The minimum absolute atomic E-state index is 0.000370. The molecule has 1 aliphatic heterocycles. The van der Waals surface area contributed by atoms with Gasteiger partial charge >= 0.3 is 0 Å². The highest BCUT2D eigenvalue weighted by molar-refractivity contribution is 6.04. The van der Waals surface area contributed by atoms with E-state index in [2.05, 4.69) is 5.32 Å². The molecule has 1 aromatic rings. The number of benzene rings is 1. The van der Waals surface area contributed by atoms with Gasteiger partial charge in [-0.25, -0.2) is 0 Å². The summed E-state index contributed by atoms with van der Waals surface area (Å²) in [4.78, 5) is 13.6. The average molecular weight is 220 g/mol. The number of rotatable bonds is 2.